The summed E-state index contributed by atoms with van der Waals surface area (Å²) in [4.78, 5) is 0. The van der Waals surface area contributed by atoms with E-state index in [-0.39, 0.29) is 17.1 Å². The summed E-state index contributed by atoms with van der Waals surface area (Å²) in [7, 11) is 0. The number of fused-ring (bicyclic) bond motifs is 1. The Hall–Kier alpha value is -0.120. The highest BCUT2D eigenvalue weighted by atomic mass is 16.5. The highest BCUT2D eigenvalue weighted by Gasteiger charge is 2.58. The van der Waals surface area contributed by atoms with Crippen molar-refractivity contribution in [3.63, 3.8) is 0 Å². The van der Waals surface area contributed by atoms with Gasteiger partial charge in [-0.1, -0.05) is 13.3 Å². The van der Waals surface area contributed by atoms with Gasteiger partial charge in [-0.05, 0) is 82.5 Å². The van der Waals surface area contributed by atoms with E-state index >= 15 is 0 Å². The number of rotatable bonds is 3. The maximum Gasteiger partial charge on any atom is 0.0691 e. The third-order valence-electron chi connectivity index (χ3n) is 6.96. The van der Waals surface area contributed by atoms with E-state index in [1.165, 1.54) is 12.8 Å². The molecule has 2 aliphatic carbocycles. The molecule has 2 N–H and O–H groups in total. The average Bonchev–Trinajstić information content (AvgIpc) is 2.90. The van der Waals surface area contributed by atoms with Gasteiger partial charge in [0.2, 0.25) is 0 Å². The van der Waals surface area contributed by atoms with Gasteiger partial charge in [0, 0.05) is 0 Å². The first kappa shape index (κ1) is 16.7. The molecule has 2 saturated carbocycles. The second kappa shape index (κ2) is 5.46. The molecule has 22 heavy (non-hydrogen) atoms. The summed E-state index contributed by atoms with van der Waals surface area (Å²) in [5, 5.41) is 20.5. The molecule has 0 aromatic heterocycles. The third-order valence-corrected chi connectivity index (χ3v) is 6.96. The molecule has 0 radical (unpaired) electrons. The third kappa shape index (κ3) is 2.85. The molecule has 128 valence electrons. The zero-order chi connectivity index (χ0) is 16.2. The fourth-order valence-corrected chi connectivity index (χ4v) is 6.23. The van der Waals surface area contributed by atoms with E-state index in [0.717, 1.165) is 38.7 Å². The molecule has 3 aliphatic rings. The van der Waals surface area contributed by atoms with Crippen LogP contribution in [-0.2, 0) is 4.74 Å². The minimum atomic E-state index is -0.609. The van der Waals surface area contributed by atoms with Crippen LogP contribution >= 0.6 is 0 Å². The molecule has 2 unspecified atom stereocenters. The van der Waals surface area contributed by atoms with E-state index in [1.54, 1.807) is 0 Å². The van der Waals surface area contributed by atoms with E-state index in [2.05, 4.69) is 13.8 Å². The molecular weight excluding hydrogens is 276 g/mol. The summed E-state index contributed by atoms with van der Waals surface area (Å²) >= 11 is 0. The van der Waals surface area contributed by atoms with Crippen LogP contribution in [0.1, 0.15) is 72.6 Å². The zero-order valence-electron chi connectivity index (χ0n) is 14.8. The number of hydrogen-bond donors (Lipinski definition) is 2. The zero-order valence-corrected chi connectivity index (χ0v) is 14.8. The molecule has 0 amide bonds. The van der Waals surface area contributed by atoms with Crippen LogP contribution in [0.5, 0.6) is 0 Å². The van der Waals surface area contributed by atoms with Gasteiger partial charge in [0.15, 0.2) is 0 Å². The molecule has 0 aromatic rings. The normalized spacial score (nSPS) is 49.4. The van der Waals surface area contributed by atoms with Crippen molar-refractivity contribution in [2.24, 2.45) is 23.2 Å². The Bertz CT molecular complexity index is 415. The monoisotopic (exact) mass is 310 g/mol. The maximum atomic E-state index is 10.4. The minimum Gasteiger partial charge on any atom is -0.393 e. The highest BCUT2D eigenvalue weighted by Crippen LogP contribution is 2.61. The Morgan fingerprint density at radius 1 is 1.18 bits per heavy atom. The van der Waals surface area contributed by atoms with E-state index in [1.807, 2.05) is 13.8 Å². The van der Waals surface area contributed by atoms with E-state index in [9.17, 15) is 10.2 Å². The lowest BCUT2D eigenvalue weighted by Gasteiger charge is -2.48. The van der Waals surface area contributed by atoms with Gasteiger partial charge in [0.1, 0.15) is 0 Å². The largest absolute Gasteiger partial charge is 0.393 e. The Labute approximate surface area is 135 Å². The van der Waals surface area contributed by atoms with Crippen LogP contribution in [0.25, 0.3) is 0 Å². The molecule has 0 aromatic carbocycles. The molecule has 1 aliphatic heterocycles. The van der Waals surface area contributed by atoms with Crippen LogP contribution in [-0.4, -0.2) is 34.1 Å². The summed E-state index contributed by atoms with van der Waals surface area (Å²) in [5.41, 5.74) is -0.449. The molecule has 3 fully saturated rings. The number of aliphatic hydroxyl groups is 2. The van der Waals surface area contributed by atoms with Gasteiger partial charge in [-0.15, -0.1) is 0 Å². The van der Waals surface area contributed by atoms with Gasteiger partial charge in [0.05, 0.1) is 23.9 Å². The van der Waals surface area contributed by atoms with Gasteiger partial charge in [0.25, 0.3) is 0 Å². The van der Waals surface area contributed by atoms with Crippen molar-refractivity contribution in [3.8, 4) is 0 Å². The SMILES string of the molecule is CC(C)(O)C[C@H]1CO[C@](C)([C@H]2CC[C@H]3C(O)CCCC32C)C1. The standard InChI is InChI=1S/C19H34O3/c1-17(2,21)10-13-11-19(4,22-12-13)16-8-7-14-15(20)6-5-9-18(14,16)3/h13-16,20-21H,5-12H2,1-4H3/t13-,14+,15?,16+,18?,19+/m1/s1. The molecule has 1 heterocycles. The van der Waals surface area contributed by atoms with Gasteiger partial charge in [-0.25, -0.2) is 0 Å². The van der Waals surface area contributed by atoms with Crippen LogP contribution < -0.4 is 0 Å². The number of hydrogen-bond acceptors (Lipinski definition) is 3. The Morgan fingerprint density at radius 3 is 2.59 bits per heavy atom. The summed E-state index contributed by atoms with van der Waals surface area (Å²) in [6.07, 6.45) is 7.45. The summed E-state index contributed by atoms with van der Waals surface area (Å²) in [6, 6.07) is 0. The van der Waals surface area contributed by atoms with E-state index < -0.39 is 5.60 Å². The lowest BCUT2D eigenvalue weighted by molar-refractivity contribution is -0.0992. The van der Waals surface area contributed by atoms with E-state index in [0.29, 0.717) is 17.8 Å². The Kier molecular flexibility index (Phi) is 4.15. The summed E-state index contributed by atoms with van der Waals surface area (Å²) in [6.45, 7) is 9.26. The summed E-state index contributed by atoms with van der Waals surface area (Å²) in [5.74, 6) is 1.47. The van der Waals surface area contributed by atoms with Crippen LogP contribution in [0.2, 0.25) is 0 Å². The van der Waals surface area contributed by atoms with Crippen molar-refractivity contribution in [2.75, 3.05) is 6.61 Å². The first-order valence-corrected chi connectivity index (χ1v) is 9.18. The first-order chi connectivity index (χ1) is 10.1. The van der Waals surface area contributed by atoms with Gasteiger partial charge in [-0.3, -0.25) is 0 Å². The van der Waals surface area contributed by atoms with Gasteiger partial charge < -0.3 is 14.9 Å². The average molecular weight is 310 g/mol. The van der Waals surface area contributed by atoms with Gasteiger partial charge >= 0.3 is 0 Å². The molecule has 0 spiro atoms. The Morgan fingerprint density at radius 2 is 1.91 bits per heavy atom. The minimum absolute atomic E-state index is 0.0729. The quantitative estimate of drug-likeness (QED) is 0.838. The molecule has 6 atom stereocenters. The topological polar surface area (TPSA) is 49.7 Å². The molecule has 1 saturated heterocycles. The lowest BCUT2D eigenvalue weighted by Crippen LogP contribution is -2.47. The molecule has 3 heteroatoms. The fourth-order valence-electron chi connectivity index (χ4n) is 6.23. The van der Waals surface area contributed by atoms with Crippen LogP contribution in [0.15, 0.2) is 0 Å². The van der Waals surface area contributed by atoms with Crippen molar-refractivity contribution < 1.29 is 14.9 Å². The fraction of sp³-hybridized carbons (Fsp3) is 1.00. The molecule has 3 nitrogen and oxygen atoms in total. The predicted molar refractivity (Wildman–Crippen MR) is 87.6 cm³/mol. The molecular formula is C19H34O3. The second-order valence-corrected chi connectivity index (χ2v) is 9.41. The van der Waals surface area contributed by atoms with Crippen LogP contribution in [0.4, 0.5) is 0 Å². The van der Waals surface area contributed by atoms with Crippen molar-refractivity contribution in [2.45, 2.75) is 89.9 Å². The molecule has 3 rings (SSSR count). The summed E-state index contributed by atoms with van der Waals surface area (Å²) < 4.78 is 6.34. The Balaban J connectivity index is 1.74. The van der Waals surface area contributed by atoms with Crippen molar-refractivity contribution in [1.29, 1.82) is 0 Å². The van der Waals surface area contributed by atoms with Crippen molar-refractivity contribution >= 4 is 0 Å². The van der Waals surface area contributed by atoms with Crippen LogP contribution in [0, 0.1) is 23.2 Å². The van der Waals surface area contributed by atoms with Crippen molar-refractivity contribution in [3.05, 3.63) is 0 Å². The van der Waals surface area contributed by atoms with Crippen molar-refractivity contribution in [1.82, 2.24) is 0 Å². The highest BCUT2D eigenvalue weighted by molar-refractivity contribution is 5.08. The smallest absolute Gasteiger partial charge is 0.0691 e. The lowest BCUT2D eigenvalue weighted by atomic mass is 9.60. The first-order valence-electron chi connectivity index (χ1n) is 9.18. The van der Waals surface area contributed by atoms with Crippen LogP contribution in [0.3, 0.4) is 0 Å². The van der Waals surface area contributed by atoms with E-state index in [4.69, 9.17) is 4.74 Å². The van der Waals surface area contributed by atoms with Gasteiger partial charge in [-0.2, -0.15) is 0 Å². The number of aliphatic hydroxyl groups excluding tert-OH is 1. The second-order valence-electron chi connectivity index (χ2n) is 9.41. The predicted octanol–water partition coefficient (Wildman–Crippen LogP) is 3.52. The number of ether oxygens (including phenoxy) is 1. The molecule has 0 bridgehead atoms. The maximum absolute atomic E-state index is 10.4.